The highest BCUT2D eigenvalue weighted by Gasteiger charge is 2.25. The second-order valence-electron chi connectivity index (χ2n) is 3.84. The van der Waals surface area contributed by atoms with Gasteiger partial charge < -0.3 is 11.1 Å². The molecule has 0 aromatic rings. The van der Waals surface area contributed by atoms with Crippen LogP contribution in [0.1, 0.15) is 13.3 Å². The summed E-state index contributed by atoms with van der Waals surface area (Å²) in [6.45, 7) is 8.73. The molecular weight excluding hydrogens is 156 g/mol. The molecule has 0 aromatic heterocycles. The van der Waals surface area contributed by atoms with Gasteiger partial charge in [0, 0.05) is 5.67 Å². The second kappa shape index (κ2) is 3.76. The number of carbonyl (C=O) groups is 1. The Kier molecular flexibility index (Phi) is 3.58. The van der Waals surface area contributed by atoms with Crippen LogP contribution in [0.25, 0.3) is 0 Å². The summed E-state index contributed by atoms with van der Waals surface area (Å²) >= 11 is 0. The summed E-state index contributed by atoms with van der Waals surface area (Å²) in [5.41, 5.74) is 5.34. The van der Waals surface area contributed by atoms with E-state index >= 15 is 0 Å². The molecule has 0 aliphatic carbocycles. The molecule has 66 valence electrons. The van der Waals surface area contributed by atoms with Crippen LogP contribution in [0, 0.1) is 0 Å². The fourth-order valence-electron chi connectivity index (χ4n) is 1.10. The molecule has 11 heavy (non-hydrogen) atoms. The molecule has 0 aliphatic heterocycles. The third-order valence-electron chi connectivity index (χ3n) is 1.77. The van der Waals surface area contributed by atoms with Gasteiger partial charge in [0.25, 0.3) is 0 Å². The van der Waals surface area contributed by atoms with Crippen molar-refractivity contribution in [3.8, 4) is 0 Å². The summed E-state index contributed by atoms with van der Waals surface area (Å²) in [7, 11) is -1.26. The van der Waals surface area contributed by atoms with E-state index in [-0.39, 0.29) is 0 Å². The van der Waals surface area contributed by atoms with Gasteiger partial charge in [-0.1, -0.05) is 26.6 Å². The number of rotatable bonds is 3. The molecule has 2 amide bonds. The molecule has 0 spiro atoms. The third-order valence-corrected chi connectivity index (χ3v) is 4.41. The van der Waals surface area contributed by atoms with E-state index in [0.717, 1.165) is 6.42 Å². The van der Waals surface area contributed by atoms with Gasteiger partial charge in [-0.2, -0.15) is 0 Å². The average molecular weight is 174 g/mol. The molecule has 1 atom stereocenters. The number of hydrogen-bond donors (Lipinski definition) is 2. The molecule has 0 saturated heterocycles. The zero-order valence-corrected chi connectivity index (χ0v) is 8.77. The average Bonchev–Trinajstić information content (AvgIpc) is 1.79. The summed E-state index contributed by atoms with van der Waals surface area (Å²) in [5, 5.41) is 2.77. The van der Waals surface area contributed by atoms with Crippen molar-refractivity contribution in [3.63, 3.8) is 0 Å². The van der Waals surface area contributed by atoms with Crippen molar-refractivity contribution in [2.24, 2.45) is 5.73 Å². The number of nitrogens with one attached hydrogen (secondary N) is 1. The Balaban J connectivity index is 4.07. The van der Waals surface area contributed by atoms with Gasteiger partial charge in [0.1, 0.15) is 0 Å². The van der Waals surface area contributed by atoms with Gasteiger partial charge >= 0.3 is 6.03 Å². The Morgan fingerprint density at radius 2 is 2.00 bits per heavy atom. The van der Waals surface area contributed by atoms with Gasteiger partial charge in [-0.15, -0.1) is 0 Å². The van der Waals surface area contributed by atoms with E-state index in [2.05, 4.69) is 31.9 Å². The predicted molar refractivity (Wildman–Crippen MR) is 50.1 cm³/mol. The molecule has 1 unspecified atom stereocenters. The molecule has 0 rings (SSSR count). The second-order valence-corrected chi connectivity index (χ2v) is 9.26. The zero-order valence-electron chi connectivity index (χ0n) is 7.77. The van der Waals surface area contributed by atoms with E-state index in [1.165, 1.54) is 0 Å². The molecule has 0 bridgehead atoms. The lowest BCUT2D eigenvalue weighted by atomic mass is 10.5. The Labute approximate surface area is 69.4 Å². The van der Waals surface area contributed by atoms with Crippen molar-refractivity contribution in [1.29, 1.82) is 0 Å². The van der Waals surface area contributed by atoms with Crippen molar-refractivity contribution in [2.75, 3.05) is 0 Å². The van der Waals surface area contributed by atoms with E-state index in [1.807, 2.05) is 0 Å². The van der Waals surface area contributed by atoms with Gasteiger partial charge in [0.2, 0.25) is 0 Å². The van der Waals surface area contributed by atoms with E-state index in [0.29, 0.717) is 5.67 Å². The zero-order chi connectivity index (χ0) is 9.07. The number of carbonyl (C=O) groups excluding carboxylic acids is 1. The number of nitrogens with two attached hydrogens (primary N) is 1. The number of primary amides is 1. The lowest BCUT2D eigenvalue weighted by Gasteiger charge is -2.27. The van der Waals surface area contributed by atoms with Crippen LogP contribution in [0.3, 0.4) is 0 Å². The van der Waals surface area contributed by atoms with Gasteiger partial charge in [0.15, 0.2) is 0 Å². The first-order valence-electron chi connectivity index (χ1n) is 3.94. The molecule has 3 nitrogen and oxygen atoms in total. The molecule has 4 heteroatoms. The molecule has 0 fully saturated rings. The van der Waals surface area contributed by atoms with Crippen molar-refractivity contribution in [3.05, 3.63) is 0 Å². The normalized spacial score (nSPS) is 14.2. The maximum atomic E-state index is 10.5. The minimum atomic E-state index is -1.26. The molecule has 0 saturated carbocycles. The van der Waals surface area contributed by atoms with Crippen molar-refractivity contribution < 1.29 is 4.79 Å². The predicted octanol–water partition coefficient (Wildman–Crippen LogP) is 1.31. The van der Waals surface area contributed by atoms with E-state index in [9.17, 15) is 4.79 Å². The lowest BCUT2D eigenvalue weighted by Crippen LogP contribution is -2.52. The largest absolute Gasteiger partial charge is 0.352 e. The first kappa shape index (κ1) is 10.5. The van der Waals surface area contributed by atoms with Crippen molar-refractivity contribution >= 4 is 14.1 Å². The van der Waals surface area contributed by atoms with Crippen molar-refractivity contribution in [1.82, 2.24) is 5.32 Å². The number of urea groups is 1. The first-order chi connectivity index (χ1) is 4.88. The number of amides is 2. The summed E-state index contributed by atoms with van der Waals surface area (Å²) in [4.78, 5) is 10.5. The molecule has 0 aromatic carbocycles. The lowest BCUT2D eigenvalue weighted by molar-refractivity contribution is 0.247. The summed E-state index contributed by atoms with van der Waals surface area (Å²) in [5.74, 6) is 0. The van der Waals surface area contributed by atoms with Crippen LogP contribution in [0.5, 0.6) is 0 Å². The monoisotopic (exact) mass is 174 g/mol. The standard InChI is InChI=1S/C7H18N2OSi/c1-5-6(9-7(8)10)11(2,3)4/h6H,5H2,1-4H3,(H3,8,9,10). The molecule has 0 heterocycles. The van der Waals surface area contributed by atoms with Crippen LogP contribution in [0.15, 0.2) is 0 Å². The first-order valence-corrected chi connectivity index (χ1v) is 7.51. The van der Waals surface area contributed by atoms with Gasteiger partial charge in [-0.05, 0) is 6.42 Å². The quantitative estimate of drug-likeness (QED) is 0.623. The van der Waals surface area contributed by atoms with E-state index in [1.54, 1.807) is 0 Å². The molecular formula is C7H18N2OSi. The summed E-state index contributed by atoms with van der Waals surface area (Å²) < 4.78 is 0. The van der Waals surface area contributed by atoms with Gasteiger partial charge in [0.05, 0.1) is 8.07 Å². The SMILES string of the molecule is CCC(NC(N)=O)[Si](C)(C)C. The summed E-state index contributed by atoms with van der Waals surface area (Å²) in [6, 6.07) is -0.403. The van der Waals surface area contributed by atoms with E-state index < -0.39 is 14.1 Å². The highest BCUT2D eigenvalue weighted by Crippen LogP contribution is 2.10. The van der Waals surface area contributed by atoms with Gasteiger partial charge in [-0.3, -0.25) is 0 Å². The number of hydrogen-bond acceptors (Lipinski definition) is 1. The van der Waals surface area contributed by atoms with E-state index in [4.69, 9.17) is 5.73 Å². The highest BCUT2D eigenvalue weighted by molar-refractivity contribution is 6.77. The fourth-order valence-corrected chi connectivity index (χ4v) is 2.90. The minimum Gasteiger partial charge on any atom is -0.352 e. The van der Waals surface area contributed by atoms with Crippen molar-refractivity contribution in [2.45, 2.75) is 38.7 Å². The fraction of sp³-hybridized carbons (Fsp3) is 0.857. The van der Waals surface area contributed by atoms with Crippen LogP contribution >= 0.6 is 0 Å². The Morgan fingerprint density at radius 1 is 1.55 bits per heavy atom. The Bertz CT molecular complexity index is 142. The van der Waals surface area contributed by atoms with Crippen LogP contribution < -0.4 is 11.1 Å². The molecule has 3 N–H and O–H groups in total. The highest BCUT2D eigenvalue weighted by atomic mass is 28.3. The maximum absolute atomic E-state index is 10.5. The third kappa shape index (κ3) is 4.03. The molecule has 0 radical (unpaired) electrons. The topological polar surface area (TPSA) is 55.1 Å². The van der Waals surface area contributed by atoms with Crippen LogP contribution in [0.4, 0.5) is 4.79 Å². The smallest absolute Gasteiger partial charge is 0.312 e. The van der Waals surface area contributed by atoms with Crippen LogP contribution in [-0.4, -0.2) is 19.8 Å². The Morgan fingerprint density at radius 3 is 2.09 bits per heavy atom. The van der Waals surface area contributed by atoms with Crippen LogP contribution in [0.2, 0.25) is 19.6 Å². The van der Waals surface area contributed by atoms with Gasteiger partial charge in [-0.25, -0.2) is 4.79 Å². The Hall–Kier alpha value is -0.513. The minimum absolute atomic E-state index is 0.306. The molecule has 0 aliphatic rings. The summed E-state index contributed by atoms with van der Waals surface area (Å²) in [6.07, 6.45) is 0.971. The van der Waals surface area contributed by atoms with Crippen LogP contribution in [-0.2, 0) is 0 Å². The maximum Gasteiger partial charge on any atom is 0.312 e.